The fraction of sp³-hybridized carbons (Fsp3) is 0.519. The molecule has 0 saturated carbocycles. The van der Waals surface area contributed by atoms with E-state index in [0.29, 0.717) is 31.0 Å². The number of nitroso groups, excluding NO2 is 1. The van der Waals surface area contributed by atoms with Gasteiger partial charge in [0.1, 0.15) is 23.8 Å². The number of benzene rings is 1. The predicted octanol–water partition coefficient (Wildman–Crippen LogP) is 6.04. The number of carbonyl (C=O) groups is 1. The number of carbonyl (C=O) groups excluding carboxylic acids is 1. The molecule has 0 radical (unpaired) electrons. The zero-order valence-corrected chi connectivity index (χ0v) is 21.8. The average molecular weight is 472 g/mol. The topological polar surface area (TPSA) is 91.2 Å². The number of aromatic hydroxyl groups is 1. The molecule has 2 N–H and O–H groups in total. The maximum absolute atomic E-state index is 13.2. The molecule has 188 valence electrons. The van der Waals surface area contributed by atoms with Crippen LogP contribution in [-0.2, 0) is 4.74 Å². The summed E-state index contributed by atoms with van der Waals surface area (Å²) in [6.45, 7) is 21.0. The zero-order valence-electron chi connectivity index (χ0n) is 21.8. The van der Waals surface area contributed by atoms with Gasteiger partial charge in [0.25, 0.3) is 5.91 Å². The first-order valence-corrected chi connectivity index (χ1v) is 11.8. The Morgan fingerprint density at radius 3 is 2.50 bits per heavy atom. The Bertz CT molecular complexity index is 911. The van der Waals surface area contributed by atoms with Crippen LogP contribution in [0.3, 0.4) is 0 Å². The molecule has 0 bridgehead atoms. The minimum Gasteiger partial charge on any atom is -0.508 e. The molecule has 0 aliphatic rings. The van der Waals surface area contributed by atoms with Crippen molar-refractivity contribution >= 4 is 11.6 Å². The third-order valence-electron chi connectivity index (χ3n) is 5.14. The van der Waals surface area contributed by atoms with Crippen LogP contribution in [0.4, 0.5) is 5.69 Å². The van der Waals surface area contributed by atoms with Crippen LogP contribution in [0.2, 0.25) is 0 Å². The van der Waals surface area contributed by atoms with E-state index in [-0.39, 0.29) is 34.2 Å². The monoisotopic (exact) mass is 471 g/mol. The van der Waals surface area contributed by atoms with Crippen LogP contribution in [0, 0.1) is 10.3 Å². The highest BCUT2D eigenvalue weighted by atomic mass is 16.5. The first kappa shape index (κ1) is 29.1. The summed E-state index contributed by atoms with van der Waals surface area (Å²) >= 11 is 0. The quantitative estimate of drug-likeness (QED) is 0.158. The van der Waals surface area contributed by atoms with Crippen LogP contribution in [0.25, 0.3) is 0 Å². The molecule has 0 unspecified atom stereocenters. The van der Waals surface area contributed by atoms with Gasteiger partial charge in [0.15, 0.2) is 0 Å². The van der Waals surface area contributed by atoms with E-state index in [1.54, 1.807) is 17.0 Å². The van der Waals surface area contributed by atoms with E-state index in [4.69, 9.17) is 4.74 Å². The number of nitrogens with zero attached hydrogens (tertiary/aromatic N) is 2. The number of amides is 1. The molecule has 7 nitrogen and oxygen atoms in total. The molecule has 1 amide bonds. The molecular weight excluding hydrogens is 430 g/mol. The molecule has 1 rings (SSSR count). The third-order valence-corrected chi connectivity index (χ3v) is 5.14. The van der Waals surface area contributed by atoms with Gasteiger partial charge in [0, 0.05) is 32.2 Å². The maximum Gasteiger partial charge on any atom is 0.256 e. The van der Waals surface area contributed by atoms with Gasteiger partial charge in [-0.1, -0.05) is 52.8 Å². The van der Waals surface area contributed by atoms with Gasteiger partial charge in [-0.3, -0.25) is 4.79 Å². The molecule has 1 aromatic carbocycles. The molecule has 0 aliphatic heterocycles. The normalized spacial score (nSPS) is 12.6. The summed E-state index contributed by atoms with van der Waals surface area (Å²) < 4.78 is 5.77. The fourth-order valence-corrected chi connectivity index (χ4v) is 3.26. The molecule has 0 aliphatic carbocycles. The standard InChI is InChI=1S/C27H41N3O4/c1-9-21(34-14-13-28-18-27(6,7)8)12-11-20(5)17-30(10-2)26(32)23-15-22(19(3)4)25(31)16-24(23)29-33/h9,11-12,15-16,19,28,31H,1,10,13-14,17-18H2,2-8H3/b20-11+,21-12+. The molecule has 0 heterocycles. The zero-order chi connectivity index (χ0) is 25.9. The Balaban J connectivity index is 2.89. The Morgan fingerprint density at radius 1 is 1.29 bits per heavy atom. The predicted molar refractivity (Wildman–Crippen MR) is 140 cm³/mol. The Kier molecular flexibility index (Phi) is 11.7. The first-order valence-electron chi connectivity index (χ1n) is 11.8. The van der Waals surface area contributed by atoms with E-state index in [1.165, 1.54) is 6.07 Å². The number of nitrogens with one attached hydrogen (secondary N) is 1. The van der Waals surface area contributed by atoms with Crippen molar-refractivity contribution in [2.45, 2.75) is 54.4 Å². The molecule has 0 atom stereocenters. The van der Waals surface area contributed by atoms with Crippen molar-refractivity contribution in [1.82, 2.24) is 10.2 Å². The lowest BCUT2D eigenvalue weighted by molar-refractivity contribution is 0.0779. The first-order chi connectivity index (χ1) is 15.9. The summed E-state index contributed by atoms with van der Waals surface area (Å²) in [6.07, 6.45) is 5.38. The number of allylic oxidation sites excluding steroid dienone is 3. The van der Waals surface area contributed by atoms with E-state index in [0.717, 1.165) is 18.7 Å². The smallest absolute Gasteiger partial charge is 0.256 e. The van der Waals surface area contributed by atoms with Crippen LogP contribution >= 0.6 is 0 Å². The van der Waals surface area contributed by atoms with E-state index >= 15 is 0 Å². The van der Waals surface area contributed by atoms with Crippen LogP contribution < -0.4 is 5.32 Å². The van der Waals surface area contributed by atoms with Crippen molar-refractivity contribution in [3.63, 3.8) is 0 Å². The van der Waals surface area contributed by atoms with Crippen LogP contribution in [-0.4, -0.2) is 48.7 Å². The van der Waals surface area contributed by atoms with Gasteiger partial charge in [-0.15, -0.1) is 4.91 Å². The molecule has 0 fully saturated rings. The number of phenols is 1. The number of phenolic OH excluding ortho intramolecular Hbond substituents is 1. The molecule has 0 saturated heterocycles. The summed E-state index contributed by atoms with van der Waals surface area (Å²) in [5, 5.41) is 16.5. The van der Waals surface area contributed by atoms with Crippen LogP contribution in [0.15, 0.2) is 53.4 Å². The summed E-state index contributed by atoms with van der Waals surface area (Å²) in [7, 11) is 0. The second-order valence-corrected chi connectivity index (χ2v) is 9.87. The van der Waals surface area contributed by atoms with E-state index < -0.39 is 0 Å². The van der Waals surface area contributed by atoms with E-state index in [2.05, 4.69) is 37.8 Å². The molecule has 0 aromatic heterocycles. The van der Waals surface area contributed by atoms with Gasteiger partial charge < -0.3 is 20.1 Å². The second kappa shape index (κ2) is 13.7. The van der Waals surface area contributed by atoms with Gasteiger partial charge in [0.2, 0.25) is 0 Å². The van der Waals surface area contributed by atoms with Gasteiger partial charge in [-0.05, 0) is 54.1 Å². The summed E-state index contributed by atoms with van der Waals surface area (Å²) in [5.41, 5.74) is 1.89. The molecule has 7 heteroatoms. The Hall–Kier alpha value is -2.93. The Morgan fingerprint density at radius 2 is 1.97 bits per heavy atom. The van der Waals surface area contributed by atoms with Crippen molar-refractivity contribution in [3.8, 4) is 5.75 Å². The minimum atomic E-state index is -0.305. The lowest BCUT2D eigenvalue weighted by atomic mass is 9.97. The lowest BCUT2D eigenvalue weighted by Crippen LogP contribution is -2.32. The van der Waals surface area contributed by atoms with Crippen LogP contribution in [0.1, 0.15) is 70.3 Å². The molecule has 1 aromatic rings. The summed E-state index contributed by atoms with van der Waals surface area (Å²) in [5.74, 6) is 0.311. The fourth-order valence-electron chi connectivity index (χ4n) is 3.26. The molecule has 0 spiro atoms. The SMILES string of the molecule is C=C/C(=C\C=C(/C)CN(CC)C(=O)c1cc(C(C)C)c(O)cc1N=O)OCCNCC(C)(C)C. The van der Waals surface area contributed by atoms with Crippen LogP contribution in [0.5, 0.6) is 5.75 Å². The third kappa shape index (κ3) is 9.51. The number of likely N-dealkylation sites (N-methyl/N-ethyl adjacent to an activating group) is 1. The summed E-state index contributed by atoms with van der Waals surface area (Å²) in [6, 6.07) is 2.83. The largest absolute Gasteiger partial charge is 0.508 e. The molecular formula is C27H41N3O4. The number of hydrogen-bond acceptors (Lipinski definition) is 6. The van der Waals surface area contributed by atoms with E-state index in [1.807, 2.05) is 39.8 Å². The highest BCUT2D eigenvalue weighted by Gasteiger charge is 2.22. The van der Waals surface area contributed by atoms with Crippen molar-refractivity contribution in [2.24, 2.45) is 10.6 Å². The maximum atomic E-state index is 13.2. The number of ether oxygens (including phenoxy) is 1. The average Bonchev–Trinajstić information content (AvgIpc) is 2.77. The highest BCUT2D eigenvalue weighted by molar-refractivity contribution is 5.99. The summed E-state index contributed by atoms with van der Waals surface area (Å²) in [4.78, 5) is 26.1. The highest BCUT2D eigenvalue weighted by Crippen LogP contribution is 2.33. The molecule has 34 heavy (non-hydrogen) atoms. The lowest BCUT2D eigenvalue weighted by Gasteiger charge is -2.22. The second-order valence-electron chi connectivity index (χ2n) is 9.87. The van der Waals surface area contributed by atoms with Crippen molar-refractivity contribution < 1.29 is 14.6 Å². The van der Waals surface area contributed by atoms with E-state index in [9.17, 15) is 14.8 Å². The van der Waals surface area contributed by atoms with Crippen molar-refractivity contribution in [2.75, 3.05) is 32.8 Å². The number of hydrogen-bond donors (Lipinski definition) is 2. The van der Waals surface area contributed by atoms with Crippen molar-refractivity contribution in [1.29, 1.82) is 0 Å². The van der Waals surface area contributed by atoms with Gasteiger partial charge in [-0.2, -0.15) is 0 Å². The Labute approximate surface area is 204 Å². The number of rotatable bonds is 13. The van der Waals surface area contributed by atoms with Gasteiger partial charge in [-0.25, -0.2) is 0 Å². The van der Waals surface area contributed by atoms with Gasteiger partial charge in [0.05, 0.1) is 5.56 Å². The van der Waals surface area contributed by atoms with Gasteiger partial charge >= 0.3 is 0 Å². The van der Waals surface area contributed by atoms with Crippen molar-refractivity contribution in [3.05, 3.63) is 64.3 Å². The minimum absolute atomic E-state index is 0.00455.